The number of nitrogens with zero attached hydrogens (tertiary/aromatic N) is 6. The molecule has 0 aliphatic heterocycles. The van der Waals surface area contributed by atoms with Crippen LogP contribution in [0.5, 0.6) is 5.75 Å². The average Bonchev–Trinajstić information content (AvgIpc) is 3.58. The normalized spacial score (nSPS) is 13.0. The van der Waals surface area contributed by atoms with Crippen molar-refractivity contribution in [1.82, 2.24) is 30.5 Å². The number of benzene rings is 1. The Morgan fingerprint density at radius 3 is 2.73 bits per heavy atom. The van der Waals surface area contributed by atoms with E-state index in [0.717, 1.165) is 11.3 Å². The first-order valence-corrected chi connectivity index (χ1v) is 12.9. The summed E-state index contributed by atoms with van der Waals surface area (Å²) in [5.41, 5.74) is 1.27. The Balaban J connectivity index is 1.54. The average molecular weight is 595 g/mol. The van der Waals surface area contributed by atoms with Gasteiger partial charge in [-0.15, -0.1) is 28.5 Å². The first-order chi connectivity index (χ1) is 19.5. The maximum absolute atomic E-state index is 14.4. The zero-order valence-corrected chi connectivity index (χ0v) is 22.8. The summed E-state index contributed by atoms with van der Waals surface area (Å²) >= 11 is 1.09. The molecular formula is C25H26F4N8O3S. The molecule has 0 saturated carbocycles. The van der Waals surface area contributed by atoms with Gasteiger partial charge in [-0.05, 0) is 49.4 Å². The van der Waals surface area contributed by atoms with Crippen LogP contribution in [-0.4, -0.2) is 63.3 Å². The van der Waals surface area contributed by atoms with Crippen LogP contribution in [0.4, 0.5) is 22.7 Å². The van der Waals surface area contributed by atoms with E-state index in [9.17, 15) is 27.2 Å². The number of aliphatic imine (C=N–C) groups is 1. The van der Waals surface area contributed by atoms with Gasteiger partial charge in [-0.2, -0.15) is 0 Å². The van der Waals surface area contributed by atoms with Gasteiger partial charge < -0.3 is 15.4 Å². The van der Waals surface area contributed by atoms with Crippen molar-refractivity contribution in [3.05, 3.63) is 64.6 Å². The van der Waals surface area contributed by atoms with Crippen molar-refractivity contribution in [3.8, 4) is 5.75 Å². The van der Waals surface area contributed by atoms with Crippen molar-refractivity contribution >= 4 is 40.6 Å². The Bertz CT molecular complexity index is 1430. The zero-order chi connectivity index (χ0) is 30.0. The predicted octanol–water partition coefficient (Wildman–Crippen LogP) is 4.38. The number of aromatic nitrogens is 5. The van der Waals surface area contributed by atoms with Crippen LogP contribution in [0.15, 0.2) is 53.3 Å². The van der Waals surface area contributed by atoms with Crippen LogP contribution in [0.2, 0.25) is 0 Å². The number of carbonyl (C=O) groups is 2. The molecule has 218 valence electrons. The van der Waals surface area contributed by atoms with Crippen LogP contribution in [0.1, 0.15) is 40.8 Å². The predicted molar refractivity (Wildman–Crippen MR) is 144 cm³/mol. The molecule has 2 aromatic heterocycles. The highest BCUT2D eigenvalue weighted by Gasteiger charge is 2.31. The molecule has 41 heavy (non-hydrogen) atoms. The summed E-state index contributed by atoms with van der Waals surface area (Å²) in [7, 11) is 1.45. The third kappa shape index (κ3) is 9.90. The molecule has 0 radical (unpaired) electrons. The molecule has 1 unspecified atom stereocenters. The molecule has 0 bridgehead atoms. The quantitative estimate of drug-likeness (QED) is 0.170. The summed E-state index contributed by atoms with van der Waals surface area (Å²) in [4.78, 5) is 28.0. The molecular weight excluding hydrogens is 568 g/mol. The lowest BCUT2D eigenvalue weighted by Crippen LogP contribution is -2.18. The second-order valence-corrected chi connectivity index (χ2v) is 9.44. The van der Waals surface area contributed by atoms with E-state index < -0.39 is 24.3 Å². The monoisotopic (exact) mass is 594 g/mol. The van der Waals surface area contributed by atoms with Gasteiger partial charge in [-0.1, -0.05) is 34.8 Å². The molecule has 2 N–H and O–H groups in total. The van der Waals surface area contributed by atoms with Gasteiger partial charge in [0.25, 0.3) is 5.91 Å². The zero-order valence-electron chi connectivity index (χ0n) is 22.0. The molecule has 11 nitrogen and oxygen atoms in total. The topological polar surface area (TPSA) is 136 Å². The van der Waals surface area contributed by atoms with Gasteiger partial charge >= 0.3 is 6.36 Å². The fourth-order valence-corrected chi connectivity index (χ4v) is 4.24. The Kier molecular flexibility index (Phi) is 10.8. The third-order valence-electron chi connectivity index (χ3n) is 5.35. The highest BCUT2D eigenvalue weighted by Crippen LogP contribution is 2.27. The molecule has 0 fully saturated rings. The number of halogens is 4. The summed E-state index contributed by atoms with van der Waals surface area (Å²) in [5.74, 6) is -1.28. The lowest BCUT2D eigenvalue weighted by Gasteiger charge is -2.11. The van der Waals surface area contributed by atoms with E-state index in [-0.39, 0.29) is 48.1 Å². The number of rotatable bonds is 13. The van der Waals surface area contributed by atoms with Crippen molar-refractivity contribution in [2.24, 2.45) is 4.99 Å². The number of hydrogen-bond acceptors (Lipinski definition) is 9. The van der Waals surface area contributed by atoms with Crippen molar-refractivity contribution in [2.75, 3.05) is 12.4 Å². The Hall–Kier alpha value is -4.47. The second kappa shape index (κ2) is 14.2. The molecule has 3 aromatic rings. The fourth-order valence-electron chi connectivity index (χ4n) is 3.47. The van der Waals surface area contributed by atoms with Gasteiger partial charge in [0.2, 0.25) is 11.0 Å². The van der Waals surface area contributed by atoms with Crippen molar-refractivity contribution in [2.45, 2.75) is 45.3 Å². The fraction of sp³-hybridized carbons (Fsp3) is 0.320. The summed E-state index contributed by atoms with van der Waals surface area (Å²) in [6, 6.07) is 5.41. The molecule has 1 aromatic carbocycles. The van der Waals surface area contributed by atoms with E-state index >= 15 is 0 Å². The number of hydrogen-bond donors (Lipinski definition) is 2. The number of carbonyl (C=O) groups excluding carboxylic acids is 2. The Morgan fingerprint density at radius 1 is 1.27 bits per heavy atom. The minimum atomic E-state index is -4.83. The van der Waals surface area contributed by atoms with Gasteiger partial charge in [-0.25, -0.2) is 9.07 Å². The number of amides is 2. The van der Waals surface area contributed by atoms with E-state index in [1.165, 1.54) is 42.2 Å². The molecule has 0 aliphatic carbocycles. The van der Waals surface area contributed by atoms with Crippen LogP contribution in [0.3, 0.4) is 0 Å². The molecule has 2 heterocycles. The molecule has 1 atom stereocenters. The maximum atomic E-state index is 14.4. The van der Waals surface area contributed by atoms with Crippen LogP contribution < -0.4 is 15.4 Å². The van der Waals surface area contributed by atoms with Gasteiger partial charge in [0.1, 0.15) is 16.9 Å². The standard InChI is InChI=1S/C25H26F4N8O3S/c1-4-15(16-6-5-7-19(11-16)40-25(27,28)29)10-18(30-2)12-21(38)32-24-35-34-22(41-24)9-8-17(26)13-37-14-20(33-36-37)23(39)31-3/h4-7,10-11,14,17H,2,8-9,12-13H2,1,3H3,(H,31,39)(H,32,35,38)/b15-4+,18-10-. The number of allylic oxidation sites excluding steroid dienone is 3. The molecule has 0 aliphatic rings. The molecule has 0 spiro atoms. The number of aryl methyl sites for hydroxylation is 1. The third-order valence-corrected chi connectivity index (χ3v) is 6.25. The Morgan fingerprint density at radius 2 is 2.05 bits per heavy atom. The van der Waals surface area contributed by atoms with Gasteiger partial charge in [-0.3, -0.25) is 14.6 Å². The first-order valence-electron chi connectivity index (χ1n) is 12.1. The minimum Gasteiger partial charge on any atom is -0.406 e. The highest BCUT2D eigenvalue weighted by atomic mass is 32.1. The van der Waals surface area contributed by atoms with Crippen LogP contribution in [0, 0.1) is 0 Å². The Labute approximate surface area is 236 Å². The second-order valence-electron chi connectivity index (χ2n) is 8.38. The number of anilines is 1. The van der Waals surface area contributed by atoms with Crippen molar-refractivity contribution in [3.63, 3.8) is 0 Å². The van der Waals surface area contributed by atoms with E-state index in [1.54, 1.807) is 19.1 Å². The van der Waals surface area contributed by atoms with E-state index in [4.69, 9.17) is 0 Å². The van der Waals surface area contributed by atoms with Gasteiger partial charge in [0.15, 0.2) is 5.69 Å². The molecule has 3 rings (SSSR count). The van der Waals surface area contributed by atoms with E-state index in [0.29, 0.717) is 16.1 Å². The largest absolute Gasteiger partial charge is 0.573 e. The highest BCUT2D eigenvalue weighted by molar-refractivity contribution is 7.15. The van der Waals surface area contributed by atoms with Crippen molar-refractivity contribution < 1.29 is 31.9 Å². The minimum absolute atomic E-state index is 0.0838. The van der Waals surface area contributed by atoms with Gasteiger partial charge in [0.05, 0.1) is 19.2 Å². The van der Waals surface area contributed by atoms with Crippen molar-refractivity contribution in [1.29, 1.82) is 0 Å². The summed E-state index contributed by atoms with van der Waals surface area (Å²) in [6.07, 6.45) is -1.43. The first kappa shape index (κ1) is 31.1. The number of ether oxygens (including phenoxy) is 1. The van der Waals surface area contributed by atoms with E-state index in [1.807, 2.05) is 0 Å². The summed E-state index contributed by atoms with van der Waals surface area (Å²) in [6.45, 7) is 5.06. The molecule has 16 heteroatoms. The smallest absolute Gasteiger partial charge is 0.406 e. The lowest BCUT2D eigenvalue weighted by molar-refractivity contribution is -0.274. The maximum Gasteiger partial charge on any atom is 0.573 e. The van der Waals surface area contributed by atoms with Gasteiger partial charge in [0, 0.05) is 19.2 Å². The van der Waals surface area contributed by atoms with Crippen LogP contribution in [0.25, 0.3) is 5.57 Å². The summed E-state index contributed by atoms with van der Waals surface area (Å²) < 4.78 is 57.4. The van der Waals surface area contributed by atoms with E-state index in [2.05, 4.69) is 47.6 Å². The summed E-state index contributed by atoms with van der Waals surface area (Å²) in [5, 5.41) is 21.0. The SMILES string of the molecule is C=N/C(=C\C(=C/C)c1cccc(OC(F)(F)F)c1)CC(=O)Nc1nnc(CCC(F)Cn2cc(C(=O)NC)nn2)s1. The number of nitrogens with one attached hydrogen (secondary N) is 2. The van der Waals surface area contributed by atoms with Crippen LogP contribution in [-0.2, 0) is 17.8 Å². The van der Waals surface area contributed by atoms with Crippen LogP contribution >= 0.6 is 11.3 Å². The lowest BCUT2D eigenvalue weighted by atomic mass is 10.0. The molecule has 2 amide bonds. The molecule has 0 saturated heterocycles. The number of alkyl halides is 4.